The van der Waals surface area contributed by atoms with Crippen LogP contribution in [0.2, 0.25) is 0 Å². The summed E-state index contributed by atoms with van der Waals surface area (Å²) in [5.74, 6) is 0.547. The van der Waals surface area contributed by atoms with Gasteiger partial charge in [-0.05, 0) is 63.2 Å². The van der Waals surface area contributed by atoms with Gasteiger partial charge in [0, 0.05) is 24.8 Å². The number of hydrogen-bond donors (Lipinski definition) is 0. The summed E-state index contributed by atoms with van der Waals surface area (Å²) in [4.78, 5) is 9.79. The summed E-state index contributed by atoms with van der Waals surface area (Å²) in [6.07, 6.45) is 8.50. The van der Waals surface area contributed by atoms with Crippen LogP contribution in [-0.4, -0.2) is 43.1 Å². The molecule has 1 aliphatic heterocycles. The van der Waals surface area contributed by atoms with E-state index in [0.717, 1.165) is 6.04 Å². The lowest BCUT2D eigenvalue weighted by molar-refractivity contribution is 0.249. The van der Waals surface area contributed by atoms with Gasteiger partial charge in [0.2, 0.25) is 0 Å². The second-order valence-corrected chi connectivity index (χ2v) is 7.18. The maximum absolute atomic E-state index is 4.83. The number of rotatable bonds is 3. The Morgan fingerprint density at radius 1 is 1.14 bits per heavy atom. The van der Waals surface area contributed by atoms with Crippen molar-refractivity contribution in [2.75, 3.05) is 32.1 Å². The predicted octanol–water partition coefficient (Wildman–Crippen LogP) is 3.22. The monoisotopic (exact) mass is 287 g/mol. The second-order valence-electron chi connectivity index (χ2n) is 7.18. The molecule has 1 aromatic rings. The Labute approximate surface area is 129 Å². The molecule has 1 aliphatic carbocycles. The molecule has 0 N–H and O–H groups in total. The molecule has 1 aromatic heterocycles. The molecule has 1 fully saturated rings. The Morgan fingerprint density at radius 3 is 2.43 bits per heavy atom. The van der Waals surface area contributed by atoms with Crippen molar-refractivity contribution in [1.82, 2.24) is 9.88 Å². The van der Waals surface area contributed by atoms with Crippen LogP contribution in [0.4, 0.5) is 5.69 Å². The molecule has 0 saturated carbocycles. The Kier molecular flexibility index (Phi) is 4.21. The highest BCUT2D eigenvalue weighted by Crippen LogP contribution is 2.36. The first-order valence-corrected chi connectivity index (χ1v) is 8.50. The van der Waals surface area contributed by atoms with Crippen molar-refractivity contribution in [3.63, 3.8) is 0 Å². The van der Waals surface area contributed by atoms with Crippen molar-refractivity contribution in [2.24, 2.45) is 0 Å². The van der Waals surface area contributed by atoms with Crippen molar-refractivity contribution in [1.29, 1.82) is 0 Å². The van der Waals surface area contributed by atoms with E-state index in [0.29, 0.717) is 5.92 Å². The highest BCUT2D eigenvalue weighted by molar-refractivity contribution is 5.58. The topological polar surface area (TPSA) is 19.4 Å². The van der Waals surface area contributed by atoms with Crippen molar-refractivity contribution >= 4 is 5.69 Å². The van der Waals surface area contributed by atoms with E-state index in [9.17, 15) is 0 Å². The first-order valence-electron chi connectivity index (χ1n) is 8.50. The average Bonchev–Trinajstić information content (AvgIpc) is 2.95. The number of pyridine rings is 1. The van der Waals surface area contributed by atoms with Crippen LogP contribution in [-0.2, 0) is 12.8 Å². The minimum Gasteiger partial charge on any atom is -0.370 e. The van der Waals surface area contributed by atoms with Crippen molar-refractivity contribution in [2.45, 2.75) is 57.9 Å². The van der Waals surface area contributed by atoms with E-state index < -0.39 is 0 Å². The summed E-state index contributed by atoms with van der Waals surface area (Å²) in [5.41, 5.74) is 5.95. The van der Waals surface area contributed by atoms with Gasteiger partial charge in [-0.3, -0.25) is 4.98 Å². The minimum atomic E-state index is 0.547. The van der Waals surface area contributed by atoms with E-state index in [4.69, 9.17) is 4.98 Å². The molecule has 0 amide bonds. The molecule has 0 atom stereocenters. The summed E-state index contributed by atoms with van der Waals surface area (Å²) in [6.45, 7) is 6.89. The number of anilines is 1. The van der Waals surface area contributed by atoms with Crippen LogP contribution in [0.3, 0.4) is 0 Å². The molecule has 0 unspecified atom stereocenters. The van der Waals surface area contributed by atoms with Crippen molar-refractivity contribution in [3.8, 4) is 0 Å². The van der Waals surface area contributed by atoms with Crippen LogP contribution in [0.15, 0.2) is 6.20 Å². The number of piperidine rings is 1. The first-order chi connectivity index (χ1) is 10.1. The molecule has 0 bridgehead atoms. The third kappa shape index (κ3) is 2.80. The summed E-state index contributed by atoms with van der Waals surface area (Å²) < 4.78 is 0. The standard InChI is InChI=1S/C18H29N3/c1-13(2)18-16-7-5-6-15(16)17(12-19-18)21-10-8-14(9-11-21)20(3)4/h12-14H,5-11H2,1-4H3. The van der Waals surface area contributed by atoms with Gasteiger partial charge in [-0.15, -0.1) is 0 Å². The maximum Gasteiger partial charge on any atom is 0.0588 e. The van der Waals surface area contributed by atoms with Crippen molar-refractivity contribution in [3.05, 3.63) is 23.0 Å². The molecule has 3 nitrogen and oxygen atoms in total. The Hall–Kier alpha value is -1.09. The lowest BCUT2D eigenvalue weighted by Crippen LogP contribution is -2.42. The highest BCUT2D eigenvalue weighted by atomic mass is 15.2. The van der Waals surface area contributed by atoms with Gasteiger partial charge >= 0.3 is 0 Å². The Morgan fingerprint density at radius 2 is 1.81 bits per heavy atom. The number of fused-ring (bicyclic) bond motifs is 1. The fourth-order valence-corrected chi connectivity index (χ4v) is 3.99. The minimum absolute atomic E-state index is 0.547. The summed E-state index contributed by atoms with van der Waals surface area (Å²) in [7, 11) is 4.41. The number of aromatic nitrogens is 1. The van der Waals surface area contributed by atoms with Crippen molar-refractivity contribution < 1.29 is 0 Å². The normalized spacial score (nSPS) is 19.6. The zero-order valence-corrected chi connectivity index (χ0v) is 14.0. The smallest absolute Gasteiger partial charge is 0.0588 e. The van der Waals surface area contributed by atoms with Crippen LogP contribution < -0.4 is 4.90 Å². The van der Waals surface area contributed by atoms with E-state index in [-0.39, 0.29) is 0 Å². The fourth-order valence-electron chi connectivity index (χ4n) is 3.99. The van der Waals surface area contributed by atoms with Crippen LogP contribution in [0.5, 0.6) is 0 Å². The van der Waals surface area contributed by atoms with E-state index in [2.05, 4.69) is 43.9 Å². The molecule has 2 aliphatic rings. The Balaban J connectivity index is 1.83. The summed E-state index contributed by atoms with van der Waals surface area (Å²) in [5, 5.41) is 0. The largest absolute Gasteiger partial charge is 0.370 e. The summed E-state index contributed by atoms with van der Waals surface area (Å²) in [6, 6.07) is 0.747. The lowest BCUT2D eigenvalue weighted by Gasteiger charge is -2.37. The third-order valence-electron chi connectivity index (χ3n) is 5.24. The quantitative estimate of drug-likeness (QED) is 0.851. The van der Waals surface area contributed by atoms with Crippen LogP contribution >= 0.6 is 0 Å². The first kappa shape index (κ1) is 14.8. The van der Waals surface area contributed by atoms with Gasteiger partial charge in [0.15, 0.2) is 0 Å². The molecule has 0 radical (unpaired) electrons. The molecule has 0 spiro atoms. The molecule has 21 heavy (non-hydrogen) atoms. The average molecular weight is 287 g/mol. The van der Waals surface area contributed by atoms with Gasteiger partial charge in [-0.25, -0.2) is 0 Å². The predicted molar refractivity (Wildman–Crippen MR) is 89.3 cm³/mol. The van der Waals surface area contributed by atoms with Gasteiger partial charge < -0.3 is 9.80 Å². The zero-order valence-electron chi connectivity index (χ0n) is 14.0. The second kappa shape index (κ2) is 5.96. The molecular weight excluding hydrogens is 258 g/mol. The summed E-state index contributed by atoms with van der Waals surface area (Å²) >= 11 is 0. The highest BCUT2D eigenvalue weighted by Gasteiger charge is 2.26. The van der Waals surface area contributed by atoms with Gasteiger partial charge in [-0.1, -0.05) is 13.8 Å². The molecular formula is C18H29N3. The molecule has 0 aromatic carbocycles. The zero-order chi connectivity index (χ0) is 15.0. The molecule has 2 heterocycles. The molecule has 3 rings (SSSR count). The van der Waals surface area contributed by atoms with E-state index in [1.165, 1.54) is 56.6 Å². The van der Waals surface area contributed by atoms with Crippen LogP contribution in [0.1, 0.15) is 55.8 Å². The molecule has 116 valence electrons. The lowest BCUT2D eigenvalue weighted by atomic mass is 9.98. The fraction of sp³-hybridized carbons (Fsp3) is 0.722. The SMILES string of the molecule is CC(C)c1ncc(N2CCC(N(C)C)CC2)c2c1CCC2. The van der Waals surface area contributed by atoms with E-state index in [1.807, 2.05) is 0 Å². The number of hydrogen-bond acceptors (Lipinski definition) is 3. The third-order valence-corrected chi connectivity index (χ3v) is 5.24. The Bertz CT molecular complexity index is 499. The van der Waals surface area contributed by atoms with Crippen LogP contribution in [0.25, 0.3) is 0 Å². The van der Waals surface area contributed by atoms with E-state index >= 15 is 0 Å². The van der Waals surface area contributed by atoms with Gasteiger partial charge in [0.25, 0.3) is 0 Å². The molecule has 1 saturated heterocycles. The number of nitrogens with zero attached hydrogens (tertiary/aromatic N) is 3. The van der Waals surface area contributed by atoms with Gasteiger partial charge in [0.05, 0.1) is 11.9 Å². The van der Waals surface area contributed by atoms with Crippen LogP contribution in [0, 0.1) is 0 Å². The maximum atomic E-state index is 4.83. The molecule has 3 heteroatoms. The van der Waals surface area contributed by atoms with Gasteiger partial charge in [-0.2, -0.15) is 0 Å². The van der Waals surface area contributed by atoms with Gasteiger partial charge in [0.1, 0.15) is 0 Å². The van der Waals surface area contributed by atoms with E-state index in [1.54, 1.807) is 11.1 Å².